The quantitative estimate of drug-likeness (QED) is 0.793. The van der Waals surface area contributed by atoms with Crippen LogP contribution in [0.15, 0.2) is 18.3 Å². The second kappa shape index (κ2) is 8.22. The average Bonchev–Trinajstić information content (AvgIpc) is 2.42. The van der Waals surface area contributed by atoms with Gasteiger partial charge in [-0.25, -0.2) is 0 Å². The first-order valence-electron chi connectivity index (χ1n) is 7.55. The van der Waals surface area contributed by atoms with Gasteiger partial charge in [-0.15, -0.1) is 0 Å². The lowest BCUT2D eigenvalue weighted by atomic mass is 10.1. The Balaban J connectivity index is 2.79. The number of hydrogen-bond donors (Lipinski definition) is 1. The zero-order valence-electron chi connectivity index (χ0n) is 13.6. The molecular formula is C16H30N4. The minimum Gasteiger partial charge on any atom is -0.369 e. The molecule has 0 aromatic carbocycles. The Hall–Kier alpha value is -1.13. The van der Waals surface area contributed by atoms with E-state index in [2.05, 4.69) is 61.8 Å². The molecule has 0 amide bonds. The van der Waals surface area contributed by atoms with Gasteiger partial charge in [0.05, 0.1) is 17.6 Å². The maximum absolute atomic E-state index is 6.02. The van der Waals surface area contributed by atoms with Crippen LogP contribution >= 0.6 is 0 Å². The molecule has 20 heavy (non-hydrogen) atoms. The molecule has 1 rings (SSSR count). The van der Waals surface area contributed by atoms with Crippen LogP contribution in [0.2, 0.25) is 0 Å². The molecule has 1 heterocycles. The summed E-state index contributed by atoms with van der Waals surface area (Å²) in [6, 6.07) is 4.26. The van der Waals surface area contributed by atoms with E-state index >= 15 is 0 Å². The number of likely N-dealkylation sites (N-methyl/N-ethyl adjacent to an activating group) is 1. The maximum Gasteiger partial charge on any atom is 0.0572 e. The van der Waals surface area contributed by atoms with Crippen LogP contribution < -0.4 is 10.6 Å². The molecular weight excluding hydrogens is 248 g/mol. The Morgan fingerprint density at radius 1 is 1.20 bits per heavy atom. The van der Waals surface area contributed by atoms with Gasteiger partial charge in [0.1, 0.15) is 0 Å². The Bertz CT molecular complexity index is 373. The largest absolute Gasteiger partial charge is 0.369 e. The number of nitrogens with two attached hydrogens (primary N) is 1. The Labute approximate surface area is 124 Å². The molecule has 0 fully saturated rings. The highest BCUT2D eigenvalue weighted by Crippen LogP contribution is 2.18. The first-order chi connectivity index (χ1) is 9.43. The minimum atomic E-state index is 0.0457. The predicted octanol–water partition coefficient (Wildman–Crippen LogP) is 2.52. The molecule has 0 radical (unpaired) electrons. The van der Waals surface area contributed by atoms with Gasteiger partial charge in [0.25, 0.3) is 0 Å². The standard InChI is InChI=1S/C16H30N4/c1-6-15(17)16-8-7-14(11-18-16)20(12-13(2)3)10-9-19(4)5/h7-8,11,13,15H,6,9-10,12,17H2,1-5H3/t15-/m1/s1. The van der Waals surface area contributed by atoms with E-state index in [-0.39, 0.29) is 6.04 Å². The van der Waals surface area contributed by atoms with Crippen LogP contribution in [0.1, 0.15) is 38.9 Å². The minimum absolute atomic E-state index is 0.0457. The van der Waals surface area contributed by atoms with Crippen molar-refractivity contribution < 1.29 is 0 Å². The Morgan fingerprint density at radius 3 is 2.35 bits per heavy atom. The highest BCUT2D eigenvalue weighted by Gasteiger charge is 2.11. The molecule has 0 aliphatic carbocycles. The second-order valence-electron chi connectivity index (χ2n) is 6.10. The molecule has 1 aromatic rings. The predicted molar refractivity (Wildman–Crippen MR) is 87.1 cm³/mol. The number of nitrogens with zero attached hydrogens (tertiary/aromatic N) is 3. The van der Waals surface area contributed by atoms with E-state index in [1.165, 1.54) is 5.69 Å². The normalized spacial score (nSPS) is 13.0. The lowest BCUT2D eigenvalue weighted by molar-refractivity contribution is 0.409. The number of pyridine rings is 1. The van der Waals surface area contributed by atoms with Gasteiger partial charge in [-0.2, -0.15) is 0 Å². The van der Waals surface area contributed by atoms with Crippen molar-refractivity contribution in [3.8, 4) is 0 Å². The zero-order valence-corrected chi connectivity index (χ0v) is 13.6. The average molecular weight is 278 g/mol. The first kappa shape index (κ1) is 16.9. The monoisotopic (exact) mass is 278 g/mol. The van der Waals surface area contributed by atoms with Crippen molar-refractivity contribution in [2.24, 2.45) is 11.7 Å². The maximum atomic E-state index is 6.02. The number of anilines is 1. The van der Waals surface area contributed by atoms with Gasteiger partial charge in [0.2, 0.25) is 0 Å². The fourth-order valence-electron chi connectivity index (χ4n) is 2.10. The number of rotatable bonds is 8. The van der Waals surface area contributed by atoms with Crippen LogP contribution in [0, 0.1) is 5.92 Å². The molecule has 0 spiro atoms. The highest BCUT2D eigenvalue weighted by molar-refractivity contribution is 5.45. The van der Waals surface area contributed by atoms with E-state index in [0.29, 0.717) is 5.92 Å². The molecule has 4 nitrogen and oxygen atoms in total. The van der Waals surface area contributed by atoms with Gasteiger partial charge in [-0.1, -0.05) is 20.8 Å². The van der Waals surface area contributed by atoms with Crippen LogP contribution in [-0.2, 0) is 0 Å². The molecule has 0 saturated heterocycles. The van der Waals surface area contributed by atoms with E-state index in [1.807, 2.05) is 6.20 Å². The summed E-state index contributed by atoms with van der Waals surface area (Å²) in [4.78, 5) is 9.14. The summed E-state index contributed by atoms with van der Waals surface area (Å²) in [5.41, 5.74) is 8.18. The molecule has 0 aliphatic heterocycles. The topological polar surface area (TPSA) is 45.4 Å². The van der Waals surface area contributed by atoms with Crippen molar-refractivity contribution in [1.82, 2.24) is 9.88 Å². The van der Waals surface area contributed by atoms with Crippen molar-refractivity contribution in [1.29, 1.82) is 0 Å². The lowest BCUT2D eigenvalue weighted by Crippen LogP contribution is -2.34. The van der Waals surface area contributed by atoms with Crippen molar-refractivity contribution in [3.63, 3.8) is 0 Å². The third-order valence-electron chi connectivity index (χ3n) is 3.36. The molecule has 114 valence electrons. The third kappa shape index (κ3) is 5.47. The zero-order chi connectivity index (χ0) is 15.1. The third-order valence-corrected chi connectivity index (χ3v) is 3.36. The summed E-state index contributed by atoms with van der Waals surface area (Å²) >= 11 is 0. The number of hydrogen-bond acceptors (Lipinski definition) is 4. The van der Waals surface area contributed by atoms with E-state index < -0.39 is 0 Å². The van der Waals surface area contributed by atoms with E-state index in [9.17, 15) is 0 Å². The van der Waals surface area contributed by atoms with Crippen molar-refractivity contribution >= 4 is 5.69 Å². The molecule has 2 N–H and O–H groups in total. The fourth-order valence-corrected chi connectivity index (χ4v) is 2.10. The van der Waals surface area contributed by atoms with Gasteiger partial charge in [0.15, 0.2) is 0 Å². The summed E-state index contributed by atoms with van der Waals surface area (Å²) < 4.78 is 0. The molecule has 0 aliphatic rings. The van der Waals surface area contributed by atoms with Gasteiger partial charge in [0, 0.05) is 25.7 Å². The van der Waals surface area contributed by atoms with Crippen LogP contribution in [0.3, 0.4) is 0 Å². The van der Waals surface area contributed by atoms with Crippen molar-refractivity contribution in [2.45, 2.75) is 33.2 Å². The molecule has 1 aromatic heterocycles. The SMILES string of the molecule is CC[C@@H](N)c1ccc(N(CCN(C)C)CC(C)C)cn1. The molecule has 1 atom stereocenters. The van der Waals surface area contributed by atoms with Gasteiger partial charge in [-0.3, -0.25) is 4.98 Å². The smallest absolute Gasteiger partial charge is 0.0572 e. The van der Waals surface area contributed by atoms with Crippen molar-refractivity contribution in [3.05, 3.63) is 24.0 Å². The van der Waals surface area contributed by atoms with Gasteiger partial charge >= 0.3 is 0 Å². The second-order valence-corrected chi connectivity index (χ2v) is 6.10. The lowest BCUT2D eigenvalue weighted by Gasteiger charge is -2.28. The summed E-state index contributed by atoms with van der Waals surface area (Å²) in [6.07, 6.45) is 2.88. The highest BCUT2D eigenvalue weighted by atomic mass is 15.2. The molecule has 0 bridgehead atoms. The molecule has 4 heteroatoms. The Morgan fingerprint density at radius 2 is 1.90 bits per heavy atom. The Kier molecular flexibility index (Phi) is 6.96. The van der Waals surface area contributed by atoms with E-state index in [0.717, 1.165) is 31.7 Å². The fraction of sp³-hybridized carbons (Fsp3) is 0.688. The van der Waals surface area contributed by atoms with Crippen LogP contribution in [0.25, 0.3) is 0 Å². The summed E-state index contributed by atoms with van der Waals surface area (Å²) in [5.74, 6) is 0.634. The summed E-state index contributed by atoms with van der Waals surface area (Å²) in [7, 11) is 4.21. The molecule has 0 saturated carbocycles. The van der Waals surface area contributed by atoms with Crippen LogP contribution in [0.4, 0.5) is 5.69 Å². The number of aromatic nitrogens is 1. The van der Waals surface area contributed by atoms with E-state index in [4.69, 9.17) is 5.73 Å². The van der Waals surface area contributed by atoms with Crippen LogP contribution in [0.5, 0.6) is 0 Å². The summed E-state index contributed by atoms with van der Waals surface area (Å²) in [6.45, 7) is 9.70. The first-order valence-corrected chi connectivity index (χ1v) is 7.55. The van der Waals surface area contributed by atoms with Gasteiger partial charge < -0.3 is 15.5 Å². The van der Waals surface area contributed by atoms with Gasteiger partial charge in [-0.05, 0) is 38.6 Å². The summed E-state index contributed by atoms with van der Waals surface area (Å²) in [5, 5.41) is 0. The molecule has 0 unspecified atom stereocenters. The van der Waals surface area contributed by atoms with Crippen LogP contribution in [-0.4, -0.2) is 43.6 Å². The van der Waals surface area contributed by atoms with E-state index in [1.54, 1.807) is 0 Å². The van der Waals surface area contributed by atoms with Crippen molar-refractivity contribution in [2.75, 3.05) is 38.6 Å².